The summed E-state index contributed by atoms with van der Waals surface area (Å²) in [5.74, 6) is -1.59. The first kappa shape index (κ1) is 22.1. The standard InChI is InChI=1S/C16H20ClNO10/c1-6(5-19)26-16(25)18-7-2-3-9(8(17)4-7)27-15-12(22)10(20)11(21)13(28-15)14(23)24/h2-4,6,10-13,15,19-22H,5H2,1H3,(H,18,25)(H,23,24)/t6?,10-,11-,12+,13-,15+/m0/s1. The topological polar surface area (TPSA) is 175 Å². The summed E-state index contributed by atoms with van der Waals surface area (Å²) in [5, 5.41) is 49.6. The van der Waals surface area contributed by atoms with Crippen molar-refractivity contribution in [2.75, 3.05) is 11.9 Å². The molecule has 1 fully saturated rings. The van der Waals surface area contributed by atoms with Crippen LogP contribution in [0.5, 0.6) is 5.75 Å². The molecule has 12 heteroatoms. The number of anilines is 1. The molecule has 0 aromatic heterocycles. The van der Waals surface area contributed by atoms with E-state index in [9.17, 15) is 24.9 Å². The summed E-state index contributed by atoms with van der Waals surface area (Å²) in [5.41, 5.74) is 0.233. The number of ether oxygens (including phenoxy) is 3. The molecule has 2 rings (SSSR count). The van der Waals surface area contributed by atoms with Crippen LogP contribution in [0.2, 0.25) is 5.02 Å². The minimum Gasteiger partial charge on any atom is -0.479 e. The Morgan fingerprint density at radius 2 is 1.93 bits per heavy atom. The maximum Gasteiger partial charge on any atom is 0.411 e. The molecule has 1 heterocycles. The van der Waals surface area contributed by atoms with E-state index in [4.69, 9.17) is 36.0 Å². The van der Waals surface area contributed by atoms with Gasteiger partial charge >= 0.3 is 12.1 Å². The Kier molecular flexibility index (Phi) is 7.41. The summed E-state index contributed by atoms with van der Waals surface area (Å²) >= 11 is 6.05. The fourth-order valence-electron chi connectivity index (χ4n) is 2.32. The molecule has 1 aromatic rings. The number of carboxylic acid groups (broad SMARTS) is 1. The van der Waals surface area contributed by atoms with Crippen molar-refractivity contribution in [3.05, 3.63) is 23.2 Å². The number of carbonyl (C=O) groups excluding carboxylic acids is 1. The molecule has 0 saturated carbocycles. The molecular weight excluding hydrogens is 402 g/mol. The third-order valence-corrected chi connectivity index (χ3v) is 4.10. The van der Waals surface area contributed by atoms with Crippen molar-refractivity contribution in [3.63, 3.8) is 0 Å². The molecule has 156 valence electrons. The summed E-state index contributed by atoms with van der Waals surface area (Å²) in [7, 11) is 0. The number of benzene rings is 1. The van der Waals surface area contributed by atoms with Crippen molar-refractivity contribution in [3.8, 4) is 5.75 Å². The second-order valence-corrected chi connectivity index (χ2v) is 6.43. The lowest BCUT2D eigenvalue weighted by atomic mass is 9.99. The van der Waals surface area contributed by atoms with Crippen molar-refractivity contribution in [2.45, 2.75) is 43.7 Å². The maximum absolute atomic E-state index is 11.6. The van der Waals surface area contributed by atoms with Gasteiger partial charge in [-0.1, -0.05) is 11.6 Å². The number of hydrogen-bond acceptors (Lipinski definition) is 9. The molecule has 11 nitrogen and oxygen atoms in total. The van der Waals surface area contributed by atoms with Crippen LogP contribution in [0.15, 0.2) is 18.2 Å². The van der Waals surface area contributed by atoms with E-state index in [0.717, 1.165) is 0 Å². The van der Waals surface area contributed by atoms with Gasteiger partial charge in [-0.15, -0.1) is 0 Å². The summed E-state index contributed by atoms with van der Waals surface area (Å²) in [4.78, 5) is 22.7. The molecule has 28 heavy (non-hydrogen) atoms. The Morgan fingerprint density at radius 1 is 1.25 bits per heavy atom. The van der Waals surface area contributed by atoms with Crippen LogP contribution in [0.4, 0.5) is 10.5 Å². The highest BCUT2D eigenvalue weighted by atomic mass is 35.5. The molecule has 1 aliphatic heterocycles. The van der Waals surface area contributed by atoms with Crippen molar-refractivity contribution in [2.24, 2.45) is 0 Å². The van der Waals surface area contributed by atoms with Gasteiger partial charge in [-0.3, -0.25) is 5.32 Å². The summed E-state index contributed by atoms with van der Waals surface area (Å²) in [6, 6.07) is 3.97. The lowest BCUT2D eigenvalue weighted by Gasteiger charge is -2.38. The summed E-state index contributed by atoms with van der Waals surface area (Å²) in [6.45, 7) is 1.15. The van der Waals surface area contributed by atoms with Crippen LogP contribution in [0.1, 0.15) is 6.92 Å². The van der Waals surface area contributed by atoms with E-state index in [-0.39, 0.29) is 23.1 Å². The molecule has 1 aliphatic rings. The monoisotopic (exact) mass is 421 g/mol. The molecule has 1 amide bonds. The number of amides is 1. The second-order valence-electron chi connectivity index (χ2n) is 6.02. The number of carbonyl (C=O) groups is 2. The van der Waals surface area contributed by atoms with E-state index in [0.29, 0.717) is 0 Å². The van der Waals surface area contributed by atoms with E-state index < -0.39 is 48.9 Å². The van der Waals surface area contributed by atoms with Crippen molar-refractivity contribution in [1.29, 1.82) is 0 Å². The van der Waals surface area contributed by atoms with E-state index in [2.05, 4.69) is 5.32 Å². The zero-order valence-electron chi connectivity index (χ0n) is 14.6. The van der Waals surface area contributed by atoms with Crippen LogP contribution in [0, 0.1) is 0 Å². The first-order chi connectivity index (χ1) is 13.1. The highest BCUT2D eigenvalue weighted by Gasteiger charge is 2.48. The van der Waals surface area contributed by atoms with E-state index in [1.807, 2.05) is 0 Å². The molecule has 0 spiro atoms. The minimum atomic E-state index is -1.85. The van der Waals surface area contributed by atoms with Crippen molar-refractivity contribution < 1.29 is 49.3 Å². The Hall–Kier alpha value is -2.15. The number of hydrogen-bond donors (Lipinski definition) is 6. The van der Waals surface area contributed by atoms with Crippen LogP contribution < -0.4 is 10.1 Å². The van der Waals surface area contributed by atoms with Crippen LogP contribution in [0.3, 0.4) is 0 Å². The van der Waals surface area contributed by atoms with Gasteiger partial charge in [0.25, 0.3) is 0 Å². The first-order valence-electron chi connectivity index (χ1n) is 8.11. The predicted octanol–water partition coefficient (Wildman–Crippen LogP) is -0.460. The molecule has 1 unspecified atom stereocenters. The number of halogens is 1. The third kappa shape index (κ3) is 5.22. The lowest BCUT2D eigenvalue weighted by Crippen LogP contribution is -2.61. The normalized spacial score (nSPS) is 28.3. The number of aliphatic hydroxyl groups is 4. The lowest BCUT2D eigenvalue weighted by molar-refractivity contribution is -0.271. The van der Waals surface area contributed by atoms with E-state index in [1.54, 1.807) is 0 Å². The summed E-state index contributed by atoms with van der Waals surface area (Å²) < 4.78 is 15.2. The smallest absolute Gasteiger partial charge is 0.411 e. The zero-order chi connectivity index (χ0) is 21.0. The Balaban J connectivity index is 2.07. The van der Waals surface area contributed by atoms with Crippen LogP contribution >= 0.6 is 11.6 Å². The van der Waals surface area contributed by atoms with Gasteiger partial charge in [-0.25, -0.2) is 9.59 Å². The Bertz CT molecular complexity index is 717. The Labute approximate surface area is 164 Å². The number of aliphatic carboxylic acids is 1. The second kappa shape index (κ2) is 9.37. The summed E-state index contributed by atoms with van der Waals surface area (Å²) in [6.07, 6.45) is -10.4. The van der Waals surface area contributed by atoms with Gasteiger partial charge in [-0.05, 0) is 25.1 Å². The van der Waals surface area contributed by atoms with Crippen LogP contribution in [-0.4, -0.2) is 81.0 Å². The highest BCUT2D eigenvalue weighted by Crippen LogP contribution is 2.31. The number of rotatable bonds is 6. The number of carboxylic acids is 1. The molecule has 6 atom stereocenters. The van der Waals surface area contributed by atoms with Gasteiger partial charge in [0.1, 0.15) is 30.2 Å². The average molecular weight is 422 g/mol. The first-order valence-corrected chi connectivity index (χ1v) is 8.49. The van der Waals surface area contributed by atoms with Crippen molar-refractivity contribution >= 4 is 29.4 Å². The van der Waals surface area contributed by atoms with Crippen molar-refractivity contribution in [1.82, 2.24) is 0 Å². The zero-order valence-corrected chi connectivity index (χ0v) is 15.3. The minimum absolute atomic E-state index is 0.0312. The van der Waals surface area contributed by atoms with Gasteiger partial charge in [0, 0.05) is 5.69 Å². The predicted molar refractivity (Wildman–Crippen MR) is 93.0 cm³/mol. The molecule has 0 bridgehead atoms. The Morgan fingerprint density at radius 3 is 2.50 bits per heavy atom. The molecule has 0 aliphatic carbocycles. The quantitative estimate of drug-likeness (QED) is 0.352. The number of aliphatic hydroxyl groups excluding tert-OH is 4. The molecular formula is C16H20ClNO10. The van der Waals surface area contributed by atoms with Crippen LogP contribution in [0.25, 0.3) is 0 Å². The third-order valence-electron chi connectivity index (χ3n) is 3.80. The molecule has 0 radical (unpaired) electrons. The SMILES string of the molecule is CC(CO)OC(=O)Nc1ccc(O[C@@H]2O[C@H](C(=O)O)[C@@H](O)[C@H](O)[C@H]2O)c(Cl)c1. The largest absolute Gasteiger partial charge is 0.479 e. The van der Waals surface area contributed by atoms with Gasteiger partial charge in [0.05, 0.1) is 11.6 Å². The van der Waals surface area contributed by atoms with E-state index >= 15 is 0 Å². The van der Waals surface area contributed by atoms with Gasteiger partial charge < -0.3 is 39.7 Å². The highest BCUT2D eigenvalue weighted by molar-refractivity contribution is 6.32. The van der Waals surface area contributed by atoms with Gasteiger partial charge in [-0.2, -0.15) is 0 Å². The van der Waals surface area contributed by atoms with Crippen LogP contribution in [-0.2, 0) is 14.3 Å². The van der Waals surface area contributed by atoms with Gasteiger partial charge in [0.15, 0.2) is 6.10 Å². The van der Waals surface area contributed by atoms with Gasteiger partial charge in [0.2, 0.25) is 6.29 Å². The van der Waals surface area contributed by atoms with E-state index in [1.165, 1.54) is 25.1 Å². The molecule has 1 saturated heterocycles. The number of nitrogens with one attached hydrogen (secondary N) is 1. The maximum atomic E-state index is 11.6. The fourth-order valence-corrected chi connectivity index (χ4v) is 2.54. The molecule has 6 N–H and O–H groups in total. The fraction of sp³-hybridized carbons (Fsp3) is 0.500. The average Bonchev–Trinajstić information content (AvgIpc) is 2.63. The molecule has 1 aromatic carbocycles.